The number of carboxylic acid groups (broad SMARTS) is 1. The first-order chi connectivity index (χ1) is 9.59. The second kappa shape index (κ2) is 6.52. The van der Waals surface area contributed by atoms with E-state index in [4.69, 9.17) is 5.11 Å². The Hall–Kier alpha value is -1.88. The fraction of sp³-hybridized carbons (Fsp3) is 0.467. The van der Waals surface area contributed by atoms with Gasteiger partial charge >= 0.3 is 5.97 Å². The SMILES string of the molecule is Cc1ccccc1N1CCCC(NCCC(=O)O)C1=O. The highest BCUT2D eigenvalue weighted by Crippen LogP contribution is 2.24. The summed E-state index contributed by atoms with van der Waals surface area (Å²) in [6.45, 7) is 3.04. The monoisotopic (exact) mass is 276 g/mol. The normalized spacial score (nSPS) is 19.1. The summed E-state index contributed by atoms with van der Waals surface area (Å²) in [5.74, 6) is -0.813. The van der Waals surface area contributed by atoms with Crippen LogP contribution in [0.15, 0.2) is 24.3 Å². The van der Waals surface area contributed by atoms with Crippen LogP contribution in [0.2, 0.25) is 0 Å². The Morgan fingerprint density at radius 3 is 2.90 bits per heavy atom. The summed E-state index contributed by atoms with van der Waals surface area (Å²) in [5.41, 5.74) is 2.02. The van der Waals surface area contributed by atoms with Crippen molar-refractivity contribution in [2.24, 2.45) is 0 Å². The Morgan fingerprint density at radius 1 is 1.45 bits per heavy atom. The lowest BCUT2D eigenvalue weighted by atomic mass is 10.0. The van der Waals surface area contributed by atoms with Crippen LogP contribution >= 0.6 is 0 Å². The van der Waals surface area contributed by atoms with Gasteiger partial charge in [-0.1, -0.05) is 18.2 Å². The largest absolute Gasteiger partial charge is 0.481 e. The van der Waals surface area contributed by atoms with Crippen LogP contribution in [0.3, 0.4) is 0 Å². The van der Waals surface area contributed by atoms with Crippen LogP contribution in [0.25, 0.3) is 0 Å². The number of hydrogen-bond donors (Lipinski definition) is 2. The molecule has 1 aromatic rings. The van der Waals surface area contributed by atoms with E-state index in [0.717, 1.165) is 30.6 Å². The summed E-state index contributed by atoms with van der Waals surface area (Å²) in [5, 5.41) is 11.7. The van der Waals surface area contributed by atoms with Gasteiger partial charge in [-0.15, -0.1) is 0 Å². The molecule has 108 valence electrons. The Morgan fingerprint density at radius 2 is 2.20 bits per heavy atom. The maximum absolute atomic E-state index is 12.5. The van der Waals surface area contributed by atoms with Crippen molar-refractivity contribution in [2.45, 2.75) is 32.2 Å². The lowest BCUT2D eigenvalue weighted by Crippen LogP contribution is -2.51. The summed E-state index contributed by atoms with van der Waals surface area (Å²) >= 11 is 0. The molecular formula is C15H20N2O3. The van der Waals surface area contributed by atoms with Gasteiger partial charge in [0.25, 0.3) is 0 Å². The third kappa shape index (κ3) is 3.36. The van der Waals surface area contributed by atoms with E-state index < -0.39 is 5.97 Å². The maximum atomic E-state index is 12.5. The zero-order chi connectivity index (χ0) is 14.5. The number of carbonyl (C=O) groups is 2. The van der Waals surface area contributed by atoms with Gasteiger partial charge in [-0.25, -0.2) is 0 Å². The fourth-order valence-electron chi connectivity index (χ4n) is 2.52. The number of para-hydroxylation sites is 1. The van der Waals surface area contributed by atoms with E-state index in [2.05, 4.69) is 5.32 Å². The minimum atomic E-state index is -0.850. The number of carboxylic acids is 1. The van der Waals surface area contributed by atoms with Gasteiger partial charge in [0.2, 0.25) is 5.91 Å². The Kier molecular flexibility index (Phi) is 4.74. The smallest absolute Gasteiger partial charge is 0.304 e. The van der Waals surface area contributed by atoms with Crippen LogP contribution in [0.5, 0.6) is 0 Å². The summed E-state index contributed by atoms with van der Waals surface area (Å²) in [4.78, 5) is 24.8. The molecule has 5 nitrogen and oxygen atoms in total. The molecule has 20 heavy (non-hydrogen) atoms. The van der Waals surface area contributed by atoms with Gasteiger partial charge in [0.05, 0.1) is 12.5 Å². The van der Waals surface area contributed by atoms with E-state index in [1.807, 2.05) is 31.2 Å². The molecule has 0 aliphatic carbocycles. The fourth-order valence-corrected chi connectivity index (χ4v) is 2.52. The molecular weight excluding hydrogens is 256 g/mol. The van der Waals surface area contributed by atoms with Crippen molar-refractivity contribution in [3.8, 4) is 0 Å². The van der Waals surface area contributed by atoms with Crippen molar-refractivity contribution in [3.63, 3.8) is 0 Å². The van der Waals surface area contributed by atoms with Crippen LogP contribution in [0, 0.1) is 6.92 Å². The van der Waals surface area contributed by atoms with Gasteiger partial charge in [0.1, 0.15) is 0 Å². The first-order valence-electron chi connectivity index (χ1n) is 6.92. The molecule has 1 heterocycles. The molecule has 0 bridgehead atoms. The molecule has 0 spiro atoms. The molecule has 0 aromatic heterocycles. The van der Waals surface area contributed by atoms with Crippen molar-refractivity contribution in [2.75, 3.05) is 18.0 Å². The molecule has 1 unspecified atom stereocenters. The van der Waals surface area contributed by atoms with Crippen LogP contribution in [0.1, 0.15) is 24.8 Å². The molecule has 1 fully saturated rings. The quantitative estimate of drug-likeness (QED) is 0.856. The molecule has 0 saturated carbocycles. The predicted octanol–water partition coefficient (Wildman–Crippen LogP) is 1.55. The van der Waals surface area contributed by atoms with Crippen molar-refractivity contribution in [1.82, 2.24) is 5.32 Å². The van der Waals surface area contributed by atoms with Crippen LogP contribution in [0.4, 0.5) is 5.69 Å². The van der Waals surface area contributed by atoms with Gasteiger partial charge in [-0.05, 0) is 31.4 Å². The molecule has 2 N–H and O–H groups in total. The summed E-state index contributed by atoms with van der Waals surface area (Å²) in [6, 6.07) is 7.55. The number of rotatable bonds is 5. The van der Waals surface area contributed by atoms with E-state index in [1.54, 1.807) is 4.90 Å². The lowest BCUT2D eigenvalue weighted by molar-refractivity contribution is -0.137. The predicted molar refractivity (Wildman–Crippen MR) is 76.8 cm³/mol. The molecule has 1 aliphatic heterocycles. The highest BCUT2D eigenvalue weighted by molar-refractivity contribution is 5.98. The van der Waals surface area contributed by atoms with E-state index in [9.17, 15) is 9.59 Å². The van der Waals surface area contributed by atoms with Gasteiger partial charge in [0.15, 0.2) is 0 Å². The highest BCUT2D eigenvalue weighted by atomic mass is 16.4. The number of nitrogens with zero attached hydrogens (tertiary/aromatic N) is 1. The summed E-state index contributed by atoms with van der Waals surface area (Å²) in [6.07, 6.45) is 1.72. The topological polar surface area (TPSA) is 69.6 Å². The molecule has 1 aromatic carbocycles. The number of piperidine rings is 1. The Balaban J connectivity index is 2.03. The number of benzene rings is 1. The molecule has 1 saturated heterocycles. The molecule has 5 heteroatoms. The number of nitrogens with one attached hydrogen (secondary N) is 1. The van der Waals surface area contributed by atoms with Gasteiger partial charge in [-0.3, -0.25) is 9.59 Å². The average molecular weight is 276 g/mol. The minimum absolute atomic E-state index is 0.0359. The number of aliphatic carboxylic acids is 1. The number of amides is 1. The van der Waals surface area contributed by atoms with Crippen molar-refractivity contribution in [3.05, 3.63) is 29.8 Å². The number of hydrogen-bond acceptors (Lipinski definition) is 3. The minimum Gasteiger partial charge on any atom is -0.481 e. The molecule has 2 rings (SSSR count). The first kappa shape index (κ1) is 14.5. The van der Waals surface area contributed by atoms with E-state index in [0.29, 0.717) is 6.54 Å². The number of anilines is 1. The van der Waals surface area contributed by atoms with Gasteiger partial charge in [0, 0.05) is 18.8 Å². The van der Waals surface area contributed by atoms with E-state index in [-0.39, 0.29) is 18.4 Å². The van der Waals surface area contributed by atoms with Crippen LogP contribution in [-0.2, 0) is 9.59 Å². The zero-order valence-electron chi connectivity index (χ0n) is 11.6. The lowest BCUT2D eigenvalue weighted by Gasteiger charge is -2.33. The van der Waals surface area contributed by atoms with Gasteiger partial charge in [-0.2, -0.15) is 0 Å². The van der Waals surface area contributed by atoms with Gasteiger partial charge < -0.3 is 15.3 Å². The Labute approximate surface area is 118 Å². The van der Waals surface area contributed by atoms with Crippen molar-refractivity contribution in [1.29, 1.82) is 0 Å². The highest BCUT2D eigenvalue weighted by Gasteiger charge is 2.29. The molecule has 1 amide bonds. The van der Waals surface area contributed by atoms with Crippen LogP contribution in [-0.4, -0.2) is 36.1 Å². The van der Waals surface area contributed by atoms with Crippen molar-refractivity contribution < 1.29 is 14.7 Å². The van der Waals surface area contributed by atoms with Crippen LogP contribution < -0.4 is 10.2 Å². The summed E-state index contributed by atoms with van der Waals surface area (Å²) < 4.78 is 0. The first-order valence-corrected chi connectivity index (χ1v) is 6.92. The second-order valence-corrected chi connectivity index (χ2v) is 5.07. The third-order valence-corrected chi connectivity index (χ3v) is 3.57. The third-order valence-electron chi connectivity index (χ3n) is 3.57. The van der Waals surface area contributed by atoms with E-state index >= 15 is 0 Å². The molecule has 1 aliphatic rings. The molecule has 0 radical (unpaired) electrons. The number of carbonyl (C=O) groups excluding carboxylic acids is 1. The van der Waals surface area contributed by atoms with E-state index in [1.165, 1.54) is 0 Å². The molecule has 1 atom stereocenters. The standard InChI is InChI=1S/C15H20N2O3/c1-11-5-2-3-7-13(11)17-10-4-6-12(15(17)20)16-9-8-14(18)19/h2-3,5,7,12,16H,4,6,8-10H2,1H3,(H,18,19). The summed E-state index contributed by atoms with van der Waals surface area (Å²) in [7, 11) is 0. The average Bonchev–Trinajstić information content (AvgIpc) is 2.41. The Bertz CT molecular complexity index is 502. The number of aryl methyl sites for hydroxylation is 1. The van der Waals surface area contributed by atoms with Crippen molar-refractivity contribution >= 4 is 17.6 Å². The second-order valence-electron chi connectivity index (χ2n) is 5.07. The maximum Gasteiger partial charge on any atom is 0.304 e. The zero-order valence-corrected chi connectivity index (χ0v) is 11.6.